The molecule has 104 valence electrons. The highest BCUT2D eigenvalue weighted by Crippen LogP contribution is 2.24. The Hall–Kier alpha value is -1.79. The van der Waals surface area contributed by atoms with Crippen molar-refractivity contribution in [2.75, 3.05) is 6.54 Å². The fourth-order valence-electron chi connectivity index (χ4n) is 2.30. The van der Waals surface area contributed by atoms with Crippen LogP contribution >= 0.6 is 11.3 Å². The van der Waals surface area contributed by atoms with Crippen molar-refractivity contribution in [3.63, 3.8) is 0 Å². The molecule has 1 unspecified atom stereocenters. The highest BCUT2D eigenvalue weighted by atomic mass is 32.1. The SMILES string of the molecule is CCNC(Cc1cn(C)nn1)c1cnc2ccsc2c1. The van der Waals surface area contributed by atoms with Gasteiger partial charge in [-0.1, -0.05) is 12.1 Å². The molecule has 1 atom stereocenters. The number of pyridine rings is 1. The minimum atomic E-state index is 0.218. The van der Waals surface area contributed by atoms with Crippen molar-refractivity contribution in [3.05, 3.63) is 41.2 Å². The molecule has 0 saturated heterocycles. The molecular weight excluding hydrogens is 270 g/mol. The zero-order valence-corrected chi connectivity index (χ0v) is 12.4. The summed E-state index contributed by atoms with van der Waals surface area (Å²) in [7, 11) is 1.89. The van der Waals surface area contributed by atoms with Gasteiger partial charge >= 0.3 is 0 Å². The first-order valence-electron chi connectivity index (χ1n) is 6.68. The van der Waals surface area contributed by atoms with Crippen LogP contribution in [0, 0.1) is 0 Å². The number of likely N-dealkylation sites (N-methyl/N-ethyl adjacent to an activating group) is 1. The van der Waals surface area contributed by atoms with Crippen molar-refractivity contribution >= 4 is 21.6 Å². The summed E-state index contributed by atoms with van der Waals surface area (Å²) in [5.41, 5.74) is 3.26. The maximum absolute atomic E-state index is 4.52. The lowest BCUT2D eigenvalue weighted by atomic mass is 10.0. The van der Waals surface area contributed by atoms with Gasteiger partial charge in [-0.2, -0.15) is 0 Å². The largest absolute Gasteiger partial charge is 0.310 e. The molecule has 6 heteroatoms. The number of thiophene rings is 1. The van der Waals surface area contributed by atoms with E-state index in [9.17, 15) is 0 Å². The Balaban J connectivity index is 1.88. The van der Waals surface area contributed by atoms with Gasteiger partial charge in [0.1, 0.15) is 0 Å². The van der Waals surface area contributed by atoms with Gasteiger partial charge in [0.25, 0.3) is 0 Å². The summed E-state index contributed by atoms with van der Waals surface area (Å²) in [4.78, 5) is 4.52. The van der Waals surface area contributed by atoms with Gasteiger partial charge in [0.2, 0.25) is 0 Å². The van der Waals surface area contributed by atoms with Crippen LogP contribution in [0.3, 0.4) is 0 Å². The van der Waals surface area contributed by atoms with E-state index < -0.39 is 0 Å². The normalized spacial score (nSPS) is 12.9. The molecule has 0 aliphatic heterocycles. The molecule has 0 bridgehead atoms. The highest BCUT2D eigenvalue weighted by molar-refractivity contribution is 7.17. The van der Waals surface area contributed by atoms with Crippen LogP contribution in [-0.4, -0.2) is 26.5 Å². The standard InChI is InChI=1S/C14H17N5S/c1-3-15-13(7-11-9-19(2)18-17-11)10-6-14-12(16-8-10)4-5-20-14/h4-6,8-9,13,15H,3,7H2,1-2H3. The van der Waals surface area contributed by atoms with Crippen LogP contribution in [0.2, 0.25) is 0 Å². The van der Waals surface area contributed by atoms with E-state index in [2.05, 4.69) is 45.0 Å². The molecule has 3 aromatic heterocycles. The van der Waals surface area contributed by atoms with Crippen LogP contribution in [0.1, 0.15) is 24.2 Å². The van der Waals surface area contributed by atoms with Gasteiger partial charge in [0, 0.05) is 31.9 Å². The third-order valence-corrected chi connectivity index (χ3v) is 4.09. The average Bonchev–Trinajstić information content (AvgIpc) is 3.06. The lowest BCUT2D eigenvalue weighted by Crippen LogP contribution is -2.23. The summed E-state index contributed by atoms with van der Waals surface area (Å²) in [6.45, 7) is 3.02. The van der Waals surface area contributed by atoms with Gasteiger partial charge in [-0.3, -0.25) is 9.67 Å². The second-order valence-electron chi connectivity index (χ2n) is 4.77. The van der Waals surface area contributed by atoms with E-state index in [1.165, 1.54) is 10.3 Å². The zero-order chi connectivity index (χ0) is 13.9. The Kier molecular flexibility index (Phi) is 3.75. The van der Waals surface area contributed by atoms with E-state index in [0.29, 0.717) is 0 Å². The van der Waals surface area contributed by atoms with Crippen molar-refractivity contribution in [1.29, 1.82) is 0 Å². The number of aromatic nitrogens is 4. The predicted octanol–water partition coefficient (Wildman–Crippen LogP) is 2.32. The molecular formula is C14H17N5S. The number of nitrogens with one attached hydrogen (secondary N) is 1. The third kappa shape index (κ3) is 2.71. The number of rotatable bonds is 5. The first-order valence-corrected chi connectivity index (χ1v) is 7.56. The number of hydrogen-bond donors (Lipinski definition) is 1. The number of hydrogen-bond acceptors (Lipinski definition) is 5. The quantitative estimate of drug-likeness (QED) is 0.782. The first kappa shape index (κ1) is 13.2. The van der Waals surface area contributed by atoms with Gasteiger partial charge in [-0.15, -0.1) is 16.4 Å². The van der Waals surface area contributed by atoms with Gasteiger partial charge in [0.05, 0.1) is 15.9 Å². The van der Waals surface area contributed by atoms with Crippen LogP contribution in [0.4, 0.5) is 0 Å². The Morgan fingerprint density at radius 3 is 3.10 bits per heavy atom. The monoisotopic (exact) mass is 287 g/mol. The van der Waals surface area contributed by atoms with E-state index in [1.54, 1.807) is 16.0 Å². The predicted molar refractivity (Wildman–Crippen MR) is 80.7 cm³/mol. The summed E-state index contributed by atoms with van der Waals surface area (Å²) in [6.07, 6.45) is 4.74. The molecule has 0 amide bonds. The van der Waals surface area contributed by atoms with Gasteiger partial charge in [-0.05, 0) is 29.6 Å². The molecule has 1 N–H and O–H groups in total. The first-order chi connectivity index (χ1) is 9.76. The minimum absolute atomic E-state index is 0.218. The van der Waals surface area contributed by atoms with Gasteiger partial charge in [0.15, 0.2) is 0 Å². The summed E-state index contributed by atoms with van der Waals surface area (Å²) in [6, 6.07) is 4.49. The van der Waals surface area contributed by atoms with Crippen molar-refractivity contribution in [2.45, 2.75) is 19.4 Å². The van der Waals surface area contributed by atoms with Gasteiger partial charge < -0.3 is 5.32 Å². The molecule has 0 aromatic carbocycles. The Bertz CT molecular complexity index is 702. The molecule has 3 heterocycles. The van der Waals surface area contributed by atoms with Crippen LogP contribution in [0.15, 0.2) is 29.9 Å². The maximum Gasteiger partial charge on any atom is 0.0845 e. The van der Waals surface area contributed by atoms with Crippen LogP contribution in [0.25, 0.3) is 10.2 Å². The molecule has 0 saturated carbocycles. The summed E-state index contributed by atoms with van der Waals surface area (Å²) < 4.78 is 2.96. The second kappa shape index (κ2) is 5.68. The van der Waals surface area contributed by atoms with Crippen molar-refractivity contribution in [3.8, 4) is 0 Å². The smallest absolute Gasteiger partial charge is 0.0845 e. The fraction of sp³-hybridized carbons (Fsp3) is 0.357. The topological polar surface area (TPSA) is 55.6 Å². The van der Waals surface area contributed by atoms with Crippen LogP contribution in [-0.2, 0) is 13.5 Å². The summed E-state index contributed by atoms with van der Waals surface area (Å²) in [5.74, 6) is 0. The summed E-state index contributed by atoms with van der Waals surface area (Å²) >= 11 is 1.73. The average molecular weight is 287 g/mol. The number of fused-ring (bicyclic) bond motifs is 1. The number of nitrogens with zero attached hydrogens (tertiary/aromatic N) is 4. The van der Waals surface area contributed by atoms with E-state index in [1.807, 2.05) is 19.4 Å². The van der Waals surface area contributed by atoms with Crippen molar-refractivity contribution in [2.24, 2.45) is 7.05 Å². The van der Waals surface area contributed by atoms with E-state index in [0.717, 1.165) is 24.2 Å². The zero-order valence-electron chi connectivity index (χ0n) is 11.6. The number of aryl methyl sites for hydroxylation is 1. The Labute approximate surface area is 121 Å². The molecule has 0 fully saturated rings. The van der Waals surface area contributed by atoms with Crippen LogP contribution in [0.5, 0.6) is 0 Å². The van der Waals surface area contributed by atoms with Crippen molar-refractivity contribution in [1.82, 2.24) is 25.3 Å². The van der Waals surface area contributed by atoms with E-state index in [4.69, 9.17) is 0 Å². The maximum atomic E-state index is 4.52. The van der Waals surface area contributed by atoms with E-state index in [-0.39, 0.29) is 6.04 Å². The lowest BCUT2D eigenvalue weighted by Gasteiger charge is -2.16. The molecule has 0 spiro atoms. The van der Waals surface area contributed by atoms with Gasteiger partial charge in [-0.25, -0.2) is 0 Å². The Morgan fingerprint density at radius 2 is 2.35 bits per heavy atom. The Morgan fingerprint density at radius 1 is 1.45 bits per heavy atom. The molecule has 0 aliphatic carbocycles. The third-order valence-electron chi connectivity index (χ3n) is 3.24. The second-order valence-corrected chi connectivity index (χ2v) is 5.72. The minimum Gasteiger partial charge on any atom is -0.310 e. The molecule has 0 radical (unpaired) electrons. The fourth-order valence-corrected chi connectivity index (χ4v) is 3.09. The molecule has 20 heavy (non-hydrogen) atoms. The molecule has 5 nitrogen and oxygen atoms in total. The molecule has 3 aromatic rings. The molecule has 0 aliphatic rings. The van der Waals surface area contributed by atoms with Crippen LogP contribution < -0.4 is 5.32 Å². The lowest BCUT2D eigenvalue weighted by molar-refractivity contribution is 0.542. The highest BCUT2D eigenvalue weighted by Gasteiger charge is 2.14. The molecule has 3 rings (SSSR count). The van der Waals surface area contributed by atoms with Crippen molar-refractivity contribution < 1.29 is 0 Å². The summed E-state index contributed by atoms with van der Waals surface area (Å²) in [5, 5.41) is 13.7. The van der Waals surface area contributed by atoms with E-state index >= 15 is 0 Å².